The fraction of sp³-hybridized carbons (Fsp3) is 0.182. The summed E-state index contributed by atoms with van der Waals surface area (Å²) in [6.07, 6.45) is 0. The quantitative estimate of drug-likeness (QED) is 0.710. The van der Waals surface area contributed by atoms with Gasteiger partial charge in [0.25, 0.3) is 0 Å². The molecular weight excluding hydrogens is 214 g/mol. The van der Waals surface area contributed by atoms with Crippen molar-refractivity contribution in [3.05, 3.63) is 39.2 Å². The maximum Gasteiger partial charge on any atom is 0.0840 e. The number of hydrogen-bond acceptors (Lipinski definition) is 2. The average Bonchev–Trinajstić information content (AvgIpc) is 2.57. The summed E-state index contributed by atoms with van der Waals surface area (Å²) in [6, 6.07) is 6.01. The van der Waals surface area contributed by atoms with Gasteiger partial charge >= 0.3 is 0 Å². The third-order valence-electron chi connectivity index (χ3n) is 2.18. The van der Waals surface area contributed by atoms with Crippen molar-refractivity contribution in [2.45, 2.75) is 13.8 Å². The Balaban J connectivity index is 2.53. The fourth-order valence-electron chi connectivity index (χ4n) is 1.37. The van der Waals surface area contributed by atoms with Gasteiger partial charge in [-0.1, -0.05) is 17.7 Å². The van der Waals surface area contributed by atoms with Gasteiger partial charge in [-0.25, -0.2) is 4.98 Å². The minimum atomic E-state index is 0.807. The second-order valence-electron chi connectivity index (χ2n) is 3.22. The molecule has 2 rings (SSSR count). The molecule has 0 amide bonds. The molecule has 1 aromatic carbocycles. The molecule has 72 valence electrons. The molecule has 0 radical (unpaired) electrons. The second-order valence-corrected chi connectivity index (χ2v) is 4.69. The molecule has 14 heavy (non-hydrogen) atoms. The van der Waals surface area contributed by atoms with Crippen LogP contribution in [0.15, 0.2) is 23.7 Å². The van der Waals surface area contributed by atoms with E-state index in [0.29, 0.717) is 0 Å². The van der Waals surface area contributed by atoms with Crippen LogP contribution in [0.4, 0.5) is 0 Å². The molecule has 0 saturated heterocycles. The molecule has 0 spiro atoms. The first-order chi connectivity index (χ1) is 6.68. The van der Waals surface area contributed by atoms with Crippen molar-refractivity contribution < 1.29 is 0 Å². The minimum Gasteiger partial charge on any atom is -0.244 e. The van der Waals surface area contributed by atoms with Crippen LogP contribution in [0.3, 0.4) is 0 Å². The molecule has 1 aromatic heterocycles. The molecule has 0 saturated carbocycles. The first-order valence-electron chi connectivity index (χ1n) is 4.35. The van der Waals surface area contributed by atoms with Gasteiger partial charge < -0.3 is 0 Å². The number of aryl methyl sites for hydroxylation is 2. The van der Waals surface area contributed by atoms with Crippen LogP contribution in [0.1, 0.15) is 10.4 Å². The van der Waals surface area contributed by atoms with Gasteiger partial charge in [0.1, 0.15) is 0 Å². The zero-order chi connectivity index (χ0) is 10.1. The van der Waals surface area contributed by atoms with Crippen molar-refractivity contribution in [1.29, 1.82) is 0 Å². The third-order valence-corrected chi connectivity index (χ3v) is 3.36. The maximum absolute atomic E-state index is 5.96. The molecule has 0 fully saturated rings. The SMILES string of the molecule is Cc1cc(-c2ncsc2C)ccc1Cl. The number of rotatable bonds is 1. The fourth-order valence-corrected chi connectivity index (χ4v) is 2.09. The first-order valence-corrected chi connectivity index (χ1v) is 5.61. The summed E-state index contributed by atoms with van der Waals surface area (Å²) in [6.45, 7) is 4.09. The molecule has 0 aliphatic heterocycles. The highest BCUT2D eigenvalue weighted by atomic mass is 35.5. The van der Waals surface area contributed by atoms with Crippen LogP contribution in [-0.4, -0.2) is 4.98 Å². The number of nitrogens with zero attached hydrogens (tertiary/aromatic N) is 1. The van der Waals surface area contributed by atoms with Crippen molar-refractivity contribution in [3.63, 3.8) is 0 Å². The molecule has 0 bridgehead atoms. The topological polar surface area (TPSA) is 12.9 Å². The predicted octanol–water partition coefficient (Wildman–Crippen LogP) is 4.08. The Morgan fingerprint density at radius 2 is 2.07 bits per heavy atom. The van der Waals surface area contributed by atoms with Crippen molar-refractivity contribution >= 4 is 22.9 Å². The van der Waals surface area contributed by atoms with E-state index >= 15 is 0 Å². The zero-order valence-corrected chi connectivity index (χ0v) is 9.62. The van der Waals surface area contributed by atoms with Gasteiger partial charge in [0.2, 0.25) is 0 Å². The Bertz CT molecular complexity index is 462. The van der Waals surface area contributed by atoms with E-state index in [2.05, 4.69) is 18.0 Å². The Morgan fingerprint density at radius 3 is 2.64 bits per heavy atom. The number of benzene rings is 1. The van der Waals surface area contributed by atoms with E-state index in [9.17, 15) is 0 Å². The lowest BCUT2D eigenvalue weighted by Gasteiger charge is -2.02. The molecule has 0 N–H and O–H groups in total. The van der Waals surface area contributed by atoms with E-state index in [4.69, 9.17) is 11.6 Å². The maximum atomic E-state index is 5.96. The molecular formula is C11H10ClNS. The highest BCUT2D eigenvalue weighted by Crippen LogP contribution is 2.27. The summed E-state index contributed by atoms with van der Waals surface area (Å²) in [5.41, 5.74) is 5.17. The predicted molar refractivity (Wildman–Crippen MR) is 62.0 cm³/mol. The number of hydrogen-bond donors (Lipinski definition) is 0. The number of aromatic nitrogens is 1. The molecule has 0 aliphatic rings. The van der Waals surface area contributed by atoms with Crippen LogP contribution in [0, 0.1) is 13.8 Å². The highest BCUT2D eigenvalue weighted by molar-refractivity contribution is 7.10. The van der Waals surface area contributed by atoms with Gasteiger partial charge in [-0.15, -0.1) is 11.3 Å². The second kappa shape index (κ2) is 3.71. The lowest BCUT2D eigenvalue weighted by atomic mass is 10.1. The van der Waals surface area contributed by atoms with Crippen LogP contribution in [0.25, 0.3) is 11.3 Å². The van der Waals surface area contributed by atoms with E-state index < -0.39 is 0 Å². The molecule has 1 nitrogen and oxygen atoms in total. The van der Waals surface area contributed by atoms with Crippen LogP contribution in [-0.2, 0) is 0 Å². The molecule has 0 aliphatic carbocycles. The van der Waals surface area contributed by atoms with Crippen molar-refractivity contribution in [2.24, 2.45) is 0 Å². The summed E-state index contributed by atoms with van der Waals surface area (Å²) in [5.74, 6) is 0. The standard InChI is InChI=1S/C11H10ClNS/c1-7-5-9(3-4-10(7)12)11-8(2)14-6-13-11/h3-6H,1-2H3. The van der Waals surface area contributed by atoms with E-state index in [0.717, 1.165) is 21.8 Å². The summed E-state index contributed by atoms with van der Waals surface area (Å²) >= 11 is 7.63. The van der Waals surface area contributed by atoms with Gasteiger partial charge in [0.15, 0.2) is 0 Å². The zero-order valence-electron chi connectivity index (χ0n) is 8.04. The summed E-state index contributed by atoms with van der Waals surface area (Å²) in [7, 11) is 0. The van der Waals surface area contributed by atoms with Gasteiger partial charge in [-0.3, -0.25) is 0 Å². The van der Waals surface area contributed by atoms with Crippen molar-refractivity contribution in [2.75, 3.05) is 0 Å². The molecule has 3 heteroatoms. The average molecular weight is 224 g/mol. The third kappa shape index (κ3) is 1.68. The van der Waals surface area contributed by atoms with Gasteiger partial charge in [-0.05, 0) is 31.5 Å². The monoisotopic (exact) mass is 223 g/mol. The van der Waals surface area contributed by atoms with Crippen LogP contribution < -0.4 is 0 Å². The Hall–Kier alpha value is -0.860. The lowest BCUT2D eigenvalue weighted by molar-refractivity contribution is 1.36. The number of halogens is 1. The smallest absolute Gasteiger partial charge is 0.0840 e. The lowest BCUT2D eigenvalue weighted by Crippen LogP contribution is -1.82. The molecule has 1 heterocycles. The summed E-state index contributed by atoms with van der Waals surface area (Å²) in [5, 5.41) is 0.807. The van der Waals surface area contributed by atoms with E-state index in [1.54, 1.807) is 11.3 Å². The molecule has 2 aromatic rings. The first kappa shape index (κ1) is 9.69. The summed E-state index contributed by atoms with van der Waals surface area (Å²) in [4.78, 5) is 5.57. The Labute approximate surface area is 92.4 Å². The van der Waals surface area contributed by atoms with Crippen molar-refractivity contribution in [1.82, 2.24) is 4.98 Å². The van der Waals surface area contributed by atoms with E-state index in [-0.39, 0.29) is 0 Å². The Morgan fingerprint density at radius 1 is 1.29 bits per heavy atom. The Kier molecular flexibility index (Phi) is 2.57. The minimum absolute atomic E-state index is 0.807. The normalized spacial score (nSPS) is 10.5. The highest BCUT2D eigenvalue weighted by Gasteiger charge is 2.05. The van der Waals surface area contributed by atoms with Crippen LogP contribution in [0.5, 0.6) is 0 Å². The van der Waals surface area contributed by atoms with Gasteiger partial charge in [-0.2, -0.15) is 0 Å². The molecule has 0 unspecified atom stereocenters. The van der Waals surface area contributed by atoms with Gasteiger partial charge in [0, 0.05) is 15.5 Å². The van der Waals surface area contributed by atoms with Gasteiger partial charge in [0.05, 0.1) is 11.2 Å². The van der Waals surface area contributed by atoms with E-state index in [1.165, 1.54) is 4.88 Å². The molecule has 0 atom stereocenters. The summed E-state index contributed by atoms with van der Waals surface area (Å²) < 4.78 is 0. The van der Waals surface area contributed by atoms with E-state index in [1.807, 2.05) is 24.6 Å². The van der Waals surface area contributed by atoms with Crippen molar-refractivity contribution in [3.8, 4) is 11.3 Å². The number of thiazole rings is 1. The largest absolute Gasteiger partial charge is 0.244 e. The van der Waals surface area contributed by atoms with Crippen LogP contribution in [0.2, 0.25) is 5.02 Å². The van der Waals surface area contributed by atoms with Crippen LogP contribution >= 0.6 is 22.9 Å².